The molecule has 2 aromatic heterocycles. The number of benzene rings is 2. The molecule has 0 atom stereocenters. The van der Waals surface area contributed by atoms with Gasteiger partial charge in [0.25, 0.3) is 0 Å². The molecular formula is C30H33N5O3. The maximum absolute atomic E-state index is 9.82. The van der Waals surface area contributed by atoms with Gasteiger partial charge in [-0.1, -0.05) is 32.0 Å². The maximum atomic E-state index is 9.82. The molecule has 1 N–H and O–H groups in total. The van der Waals surface area contributed by atoms with Crippen molar-refractivity contribution in [2.45, 2.75) is 32.8 Å². The Bertz CT molecular complexity index is 1420. The molecule has 196 valence electrons. The zero-order chi connectivity index (χ0) is 26.3. The Morgan fingerprint density at radius 2 is 1.76 bits per heavy atom. The van der Waals surface area contributed by atoms with Gasteiger partial charge in [-0.25, -0.2) is 9.97 Å². The van der Waals surface area contributed by atoms with Crippen LogP contribution in [0.15, 0.2) is 54.7 Å². The Morgan fingerprint density at radius 1 is 0.974 bits per heavy atom. The molecule has 0 amide bonds. The molecule has 0 saturated carbocycles. The molecule has 0 unspecified atom stereocenters. The van der Waals surface area contributed by atoms with Gasteiger partial charge in [-0.15, -0.1) is 0 Å². The highest BCUT2D eigenvalue weighted by molar-refractivity contribution is 5.92. The van der Waals surface area contributed by atoms with Crippen molar-refractivity contribution in [2.24, 2.45) is 0 Å². The van der Waals surface area contributed by atoms with E-state index >= 15 is 0 Å². The first-order valence-electron chi connectivity index (χ1n) is 13.4. The maximum Gasteiger partial charge on any atom is 0.178 e. The number of imidazole rings is 1. The van der Waals surface area contributed by atoms with Gasteiger partial charge in [0, 0.05) is 48.9 Å². The lowest BCUT2D eigenvalue weighted by Gasteiger charge is -2.29. The molecule has 8 nitrogen and oxygen atoms in total. The molecule has 2 fully saturated rings. The second-order valence-corrected chi connectivity index (χ2v) is 9.04. The highest BCUT2D eigenvalue weighted by Gasteiger charge is 2.19. The van der Waals surface area contributed by atoms with Crippen LogP contribution in [0.1, 0.15) is 32.3 Å². The number of hydrogen-bond donors (Lipinski definition) is 1. The zero-order valence-electron chi connectivity index (χ0n) is 21.9. The predicted octanol–water partition coefficient (Wildman–Crippen LogP) is 5.58. The summed E-state index contributed by atoms with van der Waals surface area (Å²) in [6, 6.07) is 18.4. The minimum atomic E-state index is 0.0766. The summed E-state index contributed by atoms with van der Waals surface area (Å²) in [5.41, 5.74) is 6.00. The van der Waals surface area contributed by atoms with Crippen molar-refractivity contribution < 1.29 is 14.2 Å². The van der Waals surface area contributed by atoms with E-state index < -0.39 is 0 Å². The first kappa shape index (κ1) is 25.7. The van der Waals surface area contributed by atoms with Crippen molar-refractivity contribution in [1.82, 2.24) is 15.0 Å². The van der Waals surface area contributed by atoms with Crippen molar-refractivity contribution in [1.29, 1.82) is 5.26 Å². The number of fused-ring (bicyclic) bond motifs is 1. The van der Waals surface area contributed by atoms with Gasteiger partial charge in [0.15, 0.2) is 5.65 Å². The number of rotatable bonds is 5. The van der Waals surface area contributed by atoms with E-state index in [1.165, 1.54) is 0 Å². The molecule has 38 heavy (non-hydrogen) atoms. The molecule has 2 aliphatic heterocycles. The Kier molecular flexibility index (Phi) is 8.17. The van der Waals surface area contributed by atoms with Crippen LogP contribution in [0.3, 0.4) is 0 Å². The Balaban J connectivity index is 0.00000144. The first-order valence-corrected chi connectivity index (χ1v) is 13.4. The van der Waals surface area contributed by atoms with Crippen molar-refractivity contribution in [3.8, 4) is 34.3 Å². The van der Waals surface area contributed by atoms with Gasteiger partial charge in [-0.2, -0.15) is 5.26 Å². The van der Waals surface area contributed by atoms with Crippen molar-refractivity contribution in [3.63, 3.8) is 0 Å². The molecule has 8 heteroatoms. The molecular weight excluding hydrogens is 478 g/mol. The van der Waals surface area contributed by atoms with E-state index in [1.54, 1.807) is 6.20 Å². The third kappa shape index (κ3) is 5.49. The number of aromatic nitrogens is 3. The van der Waals surface area contributed by atoms with Crippen LogP contribution in [0.4, 0.5) is 5.69 Å². The molecule has 2 aliphatic rings. The topological polar surface area (TPSA) is 96.3 Å². The summed E-state index contributed by atoms with van der Waals surface area (Å²) in [6.45, 7) is 8.63. The summed E-state index contributed by atoms with van der Waals surface area (Å²) in [5, 5.41) is 9.82. The van der Waals surface area contributed by atoms with Crippen LogP contribution >= 0.6 is 0 Å². The molecule has 2 saturated heterocycles. The van der Waals surface area contributed by atoms with Gasteiger partial charge < -0.3 is 24.1 Å². The number of anilines is 1. The van der Waals surface area contributed by atoms with E-state index in [9.17, 15) is 5.26 Å². The summed E-state index contributed by atoms with van der Waals surface area (Å²) >= 11 is 0. The normalized spacial score (nSPS) is 16.0. The van der Waals surface area contributed by atoms with E-state index in [-0.39, 0.29) is 6.10 Å². The highest BCUT2D eigenvalue weighted by atomic mass is 16.5. The quantitative estimate of drug-likeness (QED) is 0.373. The highest BCUT2D eigenvalue weighted by Crippen LogP contribution is 2.33. The molecule has 4 aromatic rings. The second kappa shape index (κ2) is 12.1. The number of morpholine rings is 1. The SMILES string of the molecule is CC.N#Cc1cc(-c2ccnc3nc(-c4cccc(N5CCOCC5)c4)[nH]c23)ccc1OC1CCOCC1. The number of pyridine rings is 1. The van der Waals surface area contributed by atoms with Gasteiger partial charge >= 0.3 is 0 Å². The standard InChI is InChI=1S/C28H27N5O3.C2H6/c29-18-21-16-19(4-5-25(21)36-23-7-12-34-13-8-23)24-6-9-30-28-26(24)31-27(32-28)20-2-1-3-22(17-20)33-10-14-35-15-11-33;1-2/h1-6,9,16-17,23H,7-8,10-15H2,(H,30,31,32);1-2H3. The fraction of sp³-hybridized carbons (Fsp3) is 0.367. The van der Waals surface area contributed by atoms with Crippen LogP contribution in [0.25, 0.3) is 33.7 Å². The third-order valence-electron chi connectivity index (χ3n) is 6.76. The predicted molar refractivity (Wildman–Crippen MR) is 148 cm³/mol. The molecule has 4 heterocycles. The van der Waals surface area contributed by atoms with Gasteiger partial charge in [-0.05, 0) is 35.9 Å². The lowest BCUT2D eigenvalue weighted by atomic mass is 10.0. The van der Waals surface area contributed by atoms with Crippen molar-refractivity contribution >= 4 is 16.9 Å². The molecule has 0 spiro atoms. The van der Waals surface area contributed by atoms with Gasteiger partial charge in [0.1, 0.15) is 23.7 Å². The Morgan fingerprint density at radius 3 is 2.55 bits per heavy atom. The van der Waals surface area contributed by atoms with Crippen molar-refractivity contribution in [2.75, 3.05) is 44.4 Å². The van der Waals surface area contributed by atoms with Gasteiger partial charge in [0.05, 0.1) is 37.5 Å². The fourth-order valence-corrected chi connectivity index (χ4v) is 4.82. The number of ether oxygens (including phenoxy) is 3. The third-order valence-corrected chi connectivity index (χ3v) is 6.76. The summed E-state index contributed by atoms with van der Waals surface area (Å²) in [6.07, 6.45) is 3.50. The summed E-state index contributed by atoms with van der Waals surface area (Å²) < 4.78 is 17.0. The minimum Gasteiger partial charge on any atom is -0.489 e. The lowest BCUT2D eigenvalue weighted by molar-refractivity contribution is 0.0254. The van der Waals surface area contributed by atoms with Crippen LogP contribution < -0.4 is 9.64 Å². The van der Waals surface area contributed by atoms with E-state index in [0.717, 1.165) is 72.9 Å². The summed E-state index contributed by atoms with van der Waals surface area (Å²) in [7, 11) is 0. The van der Waals surface area contributed by atoms with Crippen LogP contribution in [0, 0.1) is 11.3 Å². The molecule has 0 bridgehead atoms. The first-order chi connectivity index (χ1) is 18.8. The zero-order valence-corrected chi connectivity index (χ0v) is 21.9. The van der Waals surface area contributed by atoms with E-state index in [1.807, 2.05) is 38.1 Å². The van der Waals surface area contributed by atoms with Gasteiger partial charge in [0.2, 0.25) is 0 Å². The average Bonchev–Trinajstić information content (AvgIpc) is 3.44. The van der Waals surface area contributed by atoms with E-state index in [4.69, 9.17) is 19.2 Å². The summed E-state index contributed by atoms with van der Waals surface area (Å²) in [4.78, 5) is 15.1. The number of aromatic amines is 1. The number of nitriles is 1. The van der Waals surface area contributed by atoms with Crippen LogP contribution in [0.5, 0.6) is 5.75 Å². The summed E-state index contributed by atoms with van der Waals surface area (Å²) in [5.74, 6) is 1.38. The fourth-order valence-electron chi connectivity index (χ4n) is 4.82. The van der Waals surface area contributed by atoms with Crippen LogP contribution in [-0.2, 0) is 9.47 Å². The van der Waals surface area contributed by atoms with E-state index in [2.05, 4.69) is 45.2 Å². The number of nitrogens with zero attached hydrogens (tertiary/aromatic N) is 4. The smallest absolute Gasteiger partial charge is 0.178 e. The molecule has 0 aliphatic carbocycles. The van der Waals surface area contributed by atoms with Crippen molar-refractivity contribution in [3.05, 3.63) is 60.3 Å². The molecule has 6 rings (SSSR count). The van der Waals surface area contributed by atoms with E-state index in [0.29, 0.717) is 30.2 Å². The minimum absolute atomic E-state index is 0.0766. The Hall–Kier alpha value is -3.93. The monoisotopic (exact) mass is 511 g/mol. The van der Waals surface area contributed by atoms with Crippen LogP contribution in [0.2, 0.25) is 0 Å². The molecule has 2 aromatic carbocycles. The number of nitrogens with one attached hydrogen (secondary N) is 1. The number of H-pyrrole nitrogens is 1. The lowest BCUT2D eigenvalue weighted by Crippen LogP contribution is -2.36. The largest absolute Gasteiger partial charge is 0.489 e. The van der Waals surface area contributed by atoms with Gasteiger partial charge in [-0.3, -0.25) is 0 Å². The second-order valence-electron chi connectivity index (χ2n) is 9.04. The van der Waals surface area contributed by atoms with Crippen LogP contribution in [-0.4, -0.2) is 60.6 Å². The Labute approximate surface area is 223 Å². The number of hydrogen-bond acceptors (Lipinski definition) is 7. The average molecular weight is 512 g/mol. The molecule has 0 radical (unpaired) electrons.